The van der Waals surface area contributed by atoms with Gasteiger partial charge in [-0.25, -0.2) is 21.9 Å². The Hall–Kier alpha value is -1.54. The van der Waals surface area contributed by atoms with Gasteiger partial charge in [-0.15, -0.1) is 0 Å². The second kappa shape index (κ2) is 7.46. The highest BCUT2D eigenvalue weighted by molar-refractivity contribution is 7.89. The summed E-state index contributed by atoms with van der Waals surface area (Å²) in [5, 5.41) is 0. The summed E-state index contributed by atoms with van der Waals surface area (Å²) in [7, 11) is -2.55. The van der Waals surface area contributed by atoms with Crippen molar-refractivity contribution in [2.24, 2.45) is 0 Å². The molecule has 0 fully saturated rings. The lowest BCUT2D eigenvalue weighted by molar-refractivity contribution is -0.140. The summed E-state index contributed by atoms with van der Waals surface area (Å²) in [6.45, 7) is 1.35. The highest BCUT2D eigenvalue weighted by Crippen LogP contribution is 2.21. The Labute approximate surface area is 122 Å². The third-order valence-corrected chi connectivity index (χ3v) is 4.35. The van der Waals surface area contributed by atoms with Crippen molar-refractivity contribution < 1.29 is 26.7 Å². The molecule has 21 heavy (non-hydrogen) atoms. The molecule has 1 N–H and O–H groups in total. The van der Waals surface area contributed by atoms with Crippen molar-refractivity contribution in [2.75, 3.05) is 12.9 Å². The fraction of sp³-hybridized carbons (Fsp3) is 0.462. The van der Waals surface area contributed by atoms with Crippen molar-refractivity contribution >= 4 is 16.0 Å². The lowest BCUT2D eigenvalue weighted by atomic mass is 10.1. The third kappa shape index (κ3) is 5.39. The van der Waals surface area contributed by atoms with Crippen LogP contribution in [0.1, 0.15) is 31.4 Å². The molecule has 0 radical (unpaired) electrons. The SMILES string of the molecule is COC(=O)CCCS(=O)(=O)NC(C)c1c(F)cccc1F. The Morgan fingerprint density at radius 2 is 1.90 bits per heavy atom. The molecular formula is C13H17F2NO4S. The number of nitrogens with one attached hydrogen (secondary N) is 1. The molecule has 0 saturated carbocycles. The maximum Gasteiger partial charge on any atom is 0.305 e. The molecule has 0 heterocycles. The second-order valence-electron chi connectivity index (χ2n) is 4.47. The first-order valence-electron chi connectivity index (χ1n) is 6.27. The minimum absolute atomic E-state index is 0.0418. The van der Waals surface area contributed by atoms with Gasteiger partial charge in [0, 0.05) is 18.0 Å². The highest BCUT2D eigenvalue weighted by atomic mass is 32.2. The number of ether oxygens (including phenoxy) is 1. The van der Waals surface area contributed by atoms with Gasteiger partial charge in [0.25, 0.3) is 0 Å². The molecule has 1 atom stereocenters. The number of benzene rings is 1. The molecule has 1 rings (SSSR count). The number of halogens is 2. The molecule has 5 nitrogen and oxygen atoms in total. The quantitative estimate of drug-likeness (QED) is 0.779. The van der Waals surface area contributed by atoms with Crippen LogP contribution < -0.4 is 4.72 Å². The van der Waals surface area contributed by atoms with Crippen LogP contribution in [0.15, 0.2) is 18.2 Å². The average molecular weight is 321 g/mol. The van der Waals surface area contributed by atoms with Crippen LogP contribution in [0.4, 0.5) is 8.78 Å². The van der Waals surface area contributed by atoms with Crippen LogP contribution >= 0.6 is 0 Å². The Morgan fingerprint density at radius 3 is 2.43 bits per heavy atom. The Bertz CT molecular complexity index is 584. The molecule has 0 amide bonds. The molecule has 0 aliphatic heterocycles. The number of esters is 1. The number of hydrogen-bond acceptors (Lipinski definition) is 4. The van der Waals surface area contributed by atoms with Crippen molar-refractivity contribution in [2.45, 2.75) is 25.8 Å². The molecule has 0 aliphatic rings. The summed E-state index contributed by atoms with van der Waals surface area (Å²) < 4.78 is 57.3. The average Bonchev–Trinajstić information content (AvgIpc) is 2.37. The number of methoxy groups -OCH3 is 1. The van der Waals surface area contributed by atoms with E-state index >= 15 is 0 Å². The van der Waals surface area contributed by atoms with Gasteiger partial charge in [-0.1, -0.05) is 6.07 Å². The Kier molecular flexibility index (Phi) is 6.22. The fourth-order valence-electron chi connectivity index (χ4n) is 1.82. The number of carbonyl (C=O) groups is 1. The molecule has 0 bridgehead atoms. The zero-order chi connectivity index (χ0) is 16.0. The van der Waals surface area contributed by atoms with E-state index in [4.69, 9.17) is 0 Å². The molecule has 1 aromatic carbocycles. The normalized spacial score (nSPS) is 13.0. The maximum atomic E-state index is 13.5. The van der Waals surface area contributed by atoms with Crippen molar-refractivity contribution in [3.05, 3.63) is 35.4 Å². The smallest absolute Gasteiger partial charge is 0.305 e. The minimum Gasteiger partial charge on any atom is -0.469 e. The van der Waals surface area contributed by atoms with Gasteiger partial charge in [0.15, 0.2) is 0 Å². The number of rotatable bonds is 7. The standard InChI is InChI=1S/C13H17F2NO4S/c1-9(13-10(14)5-3-6-11(13)15)16-21(18,19)8-4-7-12(17)20-2/h3,5-6,9,16H,4,7-8H2,1-2H3. The fourth-order valence-corrected chi connectivity index (χ4v) is 3.12. The summed E-state index contributed by atoms with van der Waals surface area (Å²) in [6.07, 6.45) is 0.0222. The maximum absolute atomic E-state index is 13.5. The van der Waals surface area contributed by atoms with E-state index in [9.17, 15) is 22.0 Å². The zero-order valence-electron chi connectivity index (χ0n) is 11.7. The number of sulfonamides is 1. The van der Waals surface area contributed by atoms with E-state index in [1.165, 1.54) is 20.1 Å². The van der Waals surface area contributed by atoms with Gasteiger partial charge in [-0.3, -0.25) is 4.79 Å². The van der Waals surface area contributed by atoms with Crippen LogP contribution in [0.5, 0.6) is 0 Å². The molecule has 8 heteroatoms. The largest absolute Gasteiger partial charge is 0.469 e. The van der Waals surface area contributed by atoms with Crippen LogP contribution in [0.3, 0.4) is 0 Å². The van der Waals surface area contributed by atoms with Gasteiger partial charge in [-0.2, -0.15) is 0 Å². The number of hydrogen-bond donors (Lipinski definition) is 1. The minimum atomic E-state index is -3.76. The van der Waals surface area contributed by atoms with Crippen LogP contribution in [-0.2, 0) is 19.6 Å². The van der Waals surface area contributed by atoms with Gasteiger partial charge in [0.05, 0.1) is 12.9 Å². The first-order valence-corrected chi connectivity index (χ1v) is 7.93. The highest BCUT2D eigenvalue weighted by Gasteiger charge is 2.21. The lowest BCUT2D eigenvalue weighted by Crippen LogP contribution is -2.30. The lowest BCUT2D eigenvalue weighted by Gasteiger charge is -2.15. The first-order chi connectivity index (χ1) is 9.76. The van der Waals surface area contributed by atoms with E-state index < -0.39 is 33.7 Å². The van der Waals surface area contributed by atoms with Crippen molar-refractivity contribution in [1.29, 1.82) is 0 Å². The van der Waals surface area contributed by atoms with Crippen LogP contribution in [0.25, 0.3) is 0 Å². The van der Waals surface area contributed by atoms with Gasteiger partial charge in [0.2, 0.25) is 10.0 Å². The van der Waals surface area contributed by atoms with Gasteiger partial charge in [-0.05, 0) is 25.5 Å². The van der Waals surface area contributed by atoms with Crippen LogP contribution in [0, 0.1) is 11.6 Å². The molecule has 0 spiro atoms. The molecule has 0 saturated heterocycles. The molecule has 1 aromatic rings. The van der Waals surface area contributed by atoms with E-state index in [-0.39, 0.29) is 24.2 Å². The van der Waals surface area contributed by atoms with E-state index in [2.05, 4.69) is 9.46 Å². The summed E-state index contributed by atoms with van der Waals surface area (Å²) in [6, 6.07) is 2.27. The second-order valence-corrected chi connectivity index (χ2v) is 6.35. The first kappa shape index (κ1) is 17.5. The van der Waals surface area contributed by atoms with Gasteiger partial charge in [0.1, 0.15) is 11.6 Å². The summed E-state index contributed by atoms with van der Waals surface area (Å²) in [5.41, 5.74) is -0.339. The van der Waals surface area contributed by atoms with Crippen molar-refractivity contribution in [3.63, 3.8) is 0 Å². The predicted octanol–water partition coefficient (Wildman–Crippen LogP) is 1.90. The van der Waals surface area contributed by atoms with Crippen LogP contribution in [-0.4, -0.2) is 27.2 Å². The Balaban J connectivity index is 2.68. The van der Waals surface area contributed by atoms with Gasteiger partial charge < -0.3 is 4.74 Å². The summed E-state index contributed by atoms with van der Waals surface area (Å²) >= 11 is 0. The van der Waals surface area contributed by atoms with Crippen LogP contribution in [0.2, 0.25) is 0 Å². The Morgan fingerprint density at radius 1 is 1.33 bits per heavy atom. The van der Waals surface area contributed by atoms with E-state index in [0.29, 0.717) is 0 Å². The third-order valence-electron chi connectivity index (χ3n) is 2.81. The number of carbonyl (C=O) groups excluding carboxylic acids is 1. The predicted molar refractivity (Wildman–Crippen MR) is 72.9 cm³/mol. The topological polar surface area (TPSA) is 72.5 Å². The van der Waals surface area contributed by atoms with Gasteiger partial charge >= 0.3 is 5.97 Å². The molecule has 0 aliphatic carbocycles. The van der Waals surface area contributed by atoms with Crippen molar-refractivity contribution in [3.8, 4) is 0 Å². The monoisotopic (exact) mass is 321 g/mol. The molecule has 118 valence electrons. The van der Waals surface area contributed by atoms with E-state index in [0.717, 1.165) is 12.1 Å². The van der Waals surface area contributed by atoms with E-state index in [1.54, 1.807) is 0 Å². The zero-order valence-corrected chi connectivity index (χ0v) is 12.5. The molecule has 1 unspecified atom stereocenters. The van der Waals surface area contributed by atoms with Crippen molar-refractivity contribution in [1.82, 2.24) is 4.72 Å². The molecular weight excluding hydrogens is 304 g/mol. The summed E-state index contributed by atoms with van der Waals surface area (Å²) in [5.74, 6) is -2.49. The van der Waals surface area contributed by atoms with E-state index in [1.807, 2.05) is 0 Å². The molecule has 0 aromatic heterocycles. The summed E-state index contributed by atoms with van der Waals surface area (Å²) in [4.78, 5) is 10.9.